The van der Waals surface area contributed by atoms with E-state index in [4.69, 9.17) is 16.3 Å². The SMILES string of the molecule is CC1CCOC1C(=O)N(CCCl)C(C)C. The average molecular weight is 234 g/mol. The van der Waals surface area contributed by atoms with Gasteiger partial charge in [-0.15, -0.1) is 11.6 Å². The molecule has 0 spiro atoms. The molecule has 0 bridgehead atoms. The van der Waals surface area contributed by atoms with Gasteiger partial charge in [-0.3, -0.25) is 4.79 Å². The summed E-state index contributed by atoms with van der Waals surface area (Å²) in [5.41, 5.74) is 0. The van der Waals surface area contributed by atoms with E-state index in [0.717, 1.165) is 6.42 Å². The molecule has 1 amide bonds. The lowest BCUT2D eigenvalue weighted by atomic mass is 10.0. The van der Waals surface area contributed by atoms with Crippen molar-refractivity contribution in [3.05, 3.63) is 0 Å². The van der Waals surface area contributed by atoms with Crippen LogP contribution in [0.5, 0.6) is 0 Å². The fourth-order valence-electron chi connectivity index (χ4n) is 1.89. The van der Waals surface area contributed by atoms with E-state index < -0.39 is 0 Å². The first-order valence-corrected chi connectivity index (χ1v) is 6.09. The second-order valence-corrected chi connectivity index (χ2v) is 4.75. The van der Waals surface area contributed by atoms with Gasteiger partial charge < -0.3 is 9.64 Å². The van der Waals surface area contributed by atoms with Crippen LogP contribution < -0.4 is 0 Å². The van der Waals surface area contributed by atoms with Crippen molar-refractivity contribution in [1.82, 2.24) is 4.90 Å². The van der Waals surface area contributed by atoms with Crippen molar-refractivity contribution in [3.8, 4) is 0 Å². The summed E-state index contributed by atoms with van der Waals surface area (Å²) in [6, 6.07) is 0.188. The van der Waals surface area contributed by atoms with Crippen LogP contribution in [-0.4, -0.2) is 42.0 Å². The van der Waals surface area contributed by atoms with Gasteiger partial charge in [0, 0.05) is 25.1 Å². The Hall–Kier alpha value is -0.280. The number of ether oxygens (including phenoxy) is 1. The molecule has 3 nitrogen and oxygen atoms in total. The van der Waals surface area contributed by atoms with E-state index in [-0.39, 0.29) is 18.1 Å². The highest BCUT2D eigenvalue weighted by molar-refractivity contribution is 6.18. The summed E-state index contributed by atoms with van der Waals surface area (Å²) in [7, 11) is 0. The van der Waals surface area contributed by atoms with Gasteiger partial charge in [0.05, 0.1) is 0 Å². The quantitative estimate of drug-likeness (QED) is 0.694. The molecule has 0 radical (unpaired) electrons. The number of nitrogens with zero attached hydrogens (tertiary/aromatic N) is 1. The van der Waals surface area contributed by atoms with Crippen LogP contribution in [-0.2, 0) is 9.53 Å². The lowest BCUT2D eigenvalue weighted by molar-refractivity contribution is -0.143. The van der Waals surface area contributed by atoms with Crippen LogP contribution in [0.25, 0.3) is 0 Å². The van der Waals surface area contributed by atoms with Gasteiger partial charge in [0.1, 0.15) is 6.10 Å². The van der Waals surface area contributed by atoms with Gasteiger partial charge in [-0.2, -0.15) is 0 Å². The maximum absolute atomic E-state index is 12.1. The molecule has 1 aliphatic rings. The Bertz CT molecular complexity index is 221. The van der Waals surface area contributed by atoms with Crippen molar-refractivity contribution in [1.29, 1.82) is 0 Å². The predicted octanol–water partition coefficient (Wildman–Crippen LogP) is 1.89. The van der Waals surface area contributed by atoms with Crippen LogP contribution in [0.1, 0.15) is 27.2 Å². The van der Waals surface area contributed by atoms with E-state index in [1.807, 2.05) is 13.8 Å². The van der Waals surface area contributed by atoms with Crippen LogP contribution in [0.4, 0.5) is 0 Å². The highest BCUT2D eigenvalue weighted by atomic mass is 35.5. The predicted molar refractivity (Wildman–Crippen MR) is 61.1 cm³/mol. The third-order valence-electron chi connectivity index (χ3n) is 2.86. The van der Waals surface area contributed by atoms with Crippen molar-refractivity contribution in [2.45, 2.75) is 39.3 Å². The van der Waals surface area contributed by atoms with Gasteiger partial charge in [0.15, 0.2) is 0 Å². The van der Waals surface area contributed by atoms with Crippen molar-refractivity contribution in [3.63, 3.8) is 0 Å². The fourth-order valence-corrected chi connectivity index (χ4v) is 2.07. The molecular weight excluding hydrogens is 214 g/mol. The summed E-state index contributed by atoms with van der Waals surface area (Å²) in [5.74, 6) is 0.898. The van der Waals surface area contributed by atoms with Crippen LogP contribution in [0.3, 0.4) is 0 Å². The molecule has 1 heterocycles. The first-order valence-electron chi connectivity index (χ1n) is 5.56. The molecule has 0 aromatic rings. The largest absolute Gasteiger partial charge is 0.368 e. The smallest absolute Gasteiger partial charge is 0.252 e. The molecule has 0 saturated carbocycles. The van der Waals surface area contributed by atoms with Gasteiger partial charge in [-0.25, -0.2) is 0 Å². The molecule has 1 saturated heterocycles. The van der Waals surface area contributed by atoms with Crippen molar-refractivity contribution in [2.24, 2.45) is 5.92 Å². The number of alkyl halides is 1. The minimum absolute atomic E-state index is 0.0932. The van der Waals surface area contributed by atoms with E-state index in [1.165, 1.54) is 0 Å². The number of amides is 1. The van der Waals surface area contributed by atoms with Crippen LogP contribution in [0.2, 0.25) is 0 Å². The van der Waals surface area contributed by atoms with Crippen LogP contribution in [0.15, 0.2) is 0 Å². The first kappa shape index (κ1) is 12.8. The lowest BCUT2D eigenvalue weighted by Crippen LogP contribution is -2.45. The van der Waals surface area contributed by atoms with Crippen molar-refractivity contribution in [2.75, 3.05) is 19.0 Å². The molecule has 0 aromatic heterocycles. The van der Waals surface area contributed by atoms with Crippen LogP contribution >= 0.6 is 11.6 Å². The second kappa shape index (κ2) is 5.71. The fraction of sp³-hybridized carbons (Fsp3) is 0.909. The molecular formula is C11H20ClNO2. The highest BCUT2D eigenvalue weighted by Crippen LogP contribution is 2.22. The van der Waals surface area contributed by atoms with Gasteiger partial charge in [-0.05, 0) is 26.2 Å². The normalized spacial score (nSPS) is 25.9. The molecule has 2 atom stereocenters. The molecule has 1 fully saturated rings. The average Bonchev–Trinajstić information content (AvgIpc) is 2.59. The zero-order valence-corrected chi connectivity index (χ0v) is 10.5. The Morgan fingerprint density at radius 3 is 2.67 bits per heavy atom. The number of halogens is 1. The van der Waals surface area contributed by atoms with E-state index >= 15 is 0 Å². The highest BCUT2D eigenvalue weighted by Gasteiger charge is 2.34. The standard InChI is InChI=1S/C11H20ClNO2/c1-8(2)13(6-5-12)11(14)10-9(3)4-7-15-10/h8-10H,4-7H2,1-3H3. The summed E-state index contributed by atoms with van der Waals surface area (Å²) in [6.07, 6.45) is 0.721. The molecule has 0 N–H and O–H groups in total. The van der Waals surface area contributed by atoms with E-state index in [1.54, 1.807) is 4.90 Å². The Morgan fingerprint density at radius 2 is 2.27 bits per heavy atom. The Morgan fingerprint density at radius 1 is 1.60 bits per heavy atom. The molecule has 88 valence electrons. The molecule has 4 heteroatoms. The van der Waals surface area contributed by atoms with Crippen molar-refractivity contribution < 1.29 is 9.53 Å². The summed E-state index contributed by atoms with van der Waals surface area (Å²) >= 11 is 5.69. The summed E-state index contributed by atoms with van der Waals surface area (Å²) in [5, 5.41) is 0. The maximum atomic E-state index is 12.1. The van der Waals surface area contributed by atoms with Gasteiger partial charge in [-0.1, -0.05) is 6.92 Å². The summed E-state index contributed by atoms with van der Waals surface area (Å²) < 4.78 is 5.47. The minimum Gasteiger partial charge on any atom is -0.368 e. The molecule has 0 aromatic carbocycles. The van der Waals surface area contributed by atoms with Gasteiger partial charge in [0.2, 0.25) is 0 Å². The minimum atomic E-state index is -0.254. The summed E-state index contributed by atoms with van der Waals surface area (Å²) in [4.78, 5) is 13.9. The monoisotopic (exact) mass is 233 g/mol. The number of rotatable bonds is 4. The summed E-state index contributed by atoms with van der Waals surface area (Å²) in [6.45, 7) is 7.37. The Labute approximate surface area is 96.7 Å². The van der Waals surface area contributed by atoms with Crippen molar-refractivity contribution >= 4 is 17.5 Å². The first-order chi connectivity index (χ1) is 7.07. The van der Waals surface area contributed by atoms with Gasteiger partial charge >= 0.3 is 0 Å². The molecule has 1 aliphatic heterocycles. The topological polar surface area (TPSA) is 29.5 Å². The number of carbonyl (C=O) groups excluding carboxylic acids is 1. The number of carbonyl (C=O) groups is 1. The molecule has 1 rings (SSSR count). The maximum Gasteiger partial charge on any atom is 0.252 e. The van der Waals surface area contributed by atoms with E-state index in [2.05, 4.69) is 6.92 Å². The molecule has 2 unspecified atom stereocenters. The van der Waals surface area contributed by atoms with Crippen LogP contribution in [0, 0.1) is 5.92 Å². The zero-order valence-electron chi connectivity index (χ0n) is 9.70. The van der Waals surface area contributed by atoms with E-state index in [0.29, 0.717) is 24.9 Å². The second-order valence-electron chi connectivity index (χ2n) is 4.37. The zero-order chi connectivity index (χ0) is 11.4. The third-order valence-corrected chi connectivity index (χ3v) is 3.03. The lowest BCUT2D eigenvalue weighted by Gasteiger charge is -2.29. The van der Waals surface area contributed by atoms with Gasteiger partial charge in [0.25, 0.3) is 5.91 Å². The number of hydrogen-bond donors (Lipinski definition) is 0. The Balaban J connectivity index is 2.62. The number of hydrogen-bond acceptors (Lipinski definition) is 2. The van der Waals surface area contributed by atoms with E-state index in [9.17, 15) is 4.79 Å². The Kier molecular flexibility index (Phi) is 4.87. The molecule has 0 aliphatic carbocycles. The molecule has 15 heavy (non-hydrogen) atoms. The third kappa shape index (κ3) is 3.08.